The molecule has 2 aromatic rings. The number of nitrogens with one attached hydrogen (secondary N) is 1. The number of carbonyl (C=O) groups excluding carboxylic acids is 1. The molecule has 1 aromatic heterocycles. The SMILES string of the molecule is Cc1cccc(C2(NC(=O)c3csc(CN)n3)CCCC2)c1. The molecule has 3 N–H and O–H groups in total. The van der Waals surface area contributed by atoms with E-state index in [-0.39, 0.29) is 11.4 Å². The standard InChI is InChI=1S/C17H21N3OS/c1-12-5-4-6-13(9-12)17(7-2-3-8-17)20-16(21)14-11-22-15(10-18)19-14/h4-6,9,11H,2-3,7-8,10,18H2,1H3,(H,20,21). The summed E-state index contributed by atoms with van der Waals surface area (Å²) in [6.45, 7) is 2.46. The van der Waals surface area contributed by atoms with Crippen LogP contribution in [-0.4, -0.2) is 10.9 Å². The van der Waals surface area contributed by atoms with Crippen molar-refractivity contribution in [1.82, 2.24) is 10.3 Å². The second-order valence-corrected chi connectivity index (χ2v) is 6.89. The fourth-order valence-corrected chi connectivity index (χ4v) is 3.85. The fraction of sp³-hybridized carbons (Fsp3) is 0.412. The lowest BCUT2D eigenvalue weighted by Crippen LogP contribution is -2.44. The zero-order valence-electron chi connectivity index (χ0n) is 12.8. The molecular formula is C17H21N3OS. The Morgan fingerprint density at radius 3 is 2.82 bits per heavy atom. The van der Waals surface area contributed by atoms with E-state index in [9.17, 15) is 4.79 Å². The number of amides is 1. The number of thiazole rings is 1. The minimum atomic E-state index is -0.254. The van der Waals surface area contributed by atoms with Crippen molar-refractivity contribution in [3.05, 3.63) is 51.5 Å². The average Bonchev–Trinajstić information content (AvgIpc) is 3.17. The summed E-state index contributed by atoms with van der Waals surface area (Å²) in [5.41, 5.74) is 8.22. The van der Waals surface area contributed by atoms with E-state index in [0.717, 1.165) is 30.7 Å². The van der Waals surface area contributed by atoms with Crippen molar-refractivity contribution in [1.29, 1.82) is 0 Å². The van der Waals surface area contributed by atoms with Crippen LogP contribution in [-0.2, 0) is 12.1 Å². The van der Waals surface area contributed by atoms with E-state index >= 15 is 0 Å². The normalized spacial score (nSPS) is 16.6. The number of hydrogen-bond acceptors (Lipinski definition) is 4. The van der Waals surface area contributed by atoms with Crippen LogP contribution in [0.5, 0.6) is 0 Å². The summed E-state index contributed by atoms with van der Waals surface area (Å²) in [5.74, 6) is -0.0978. The number of aryl methyl sites for hydroxylation is 1. The molecule has 3 rings (SSSR count). The molecule has 0 unspecified atom stereocenters. The van der Waals surface area contributed by atoms with E-state index in [4.69, 9.17) is 5.73 Å². The highest BCUT2D eigenvalue weighted by atomic mass is 32.1. The lowest BCUT2D eigenvalue weighted by molar-refractivity contribution is 0.0893. The maximum atomic E-state index is 12.6. The first kappa shape index (κ1) is 15.2. The van der Waals surface area contributed by atoms with Gasteiger partial charge in [-0.05, 0) is 25.3 Å². The Balaban J connectivity index is 1.87. The van der Waals surface area contributed by atoms with Gasteiger partial charge in [0.15, 0.2) is 0 Å². The van der Waals surface area contributed by atoms with E-state index in [1.165, 1.54) is 22.5 Å². The topological polar surface area (TPSA) is 68.0 Å². The maximum absolute atomic E-state index is 12.6. The molecule has 0 aliphatic heterocycles. The van der Waals surface area contributed by atoms with Crippen LogP contribution in [0, 0.1) is 6.92 Å². The summed E-state index contributed by atoms with van der Waals surface area (Å²) in [5, 5.41) is 5.83. The Morgan fingerprint density at radius 2 is 2.18 bits per heavy atom. The minimum Gasteiger partial charge on any atom is -0.341 e. The number of aromatic nitrogens is 1. The number of rotatable bonds is 4. The van der Waals surface area contributed by atoms with Gasteiger partial charge in [-0.15, -0.1) is 11.3 Å². The third-order valence-corrected chi connectivity index (χ3v) is 5.21. The lowest BCUT2D eigenvalue weighted by Gasteiger charge is -2.31. The van der Waals surface area contributed by atoms with Gasteiger partial charge < -0.3 is 11.1 Å². The van der Waals surface area contributed by atoms with Gasteiger partial charge in [-0.2, -0.15) is 0 Å². The summed E-state index contributed by atoms with van der Waals surface area (Å²) < 4.78 is 0. The Bertz CT molecular complexity index is 674. The van der Waals surface area contributed by atoms with Gasteiger partial charge in [-0.1, -0.05) is 42.7 Å². The molecule has 4 nitrogen and oxygen atoms in total. The summed E-state index contributed by atoms with van der Waals surface area (Å²) in [7, 11) is 0. The number of hydrogen-bond donors (Lipinski definition) is 2. The van der Waals surface area contributed by atoms with Gasteiger partial charge in [0.25, 0.3) is 5.91 Å². The van der Waals surface area contributed by atoms with Crippen LogP contribution < -0.4 is 11.1 Å². The molecule has 1 aliphatic rings. The van der Waals surface area contributed by atoms with Crippen molar-refractivity contribution >= 4 is 17.2 Å². The molecule has 0 saturated heterocycles. The van der Waals surface area contributed by atoms with Gasteiger partial charge in [0.1, 0.15) is 10.7 Å². The van der Waals surface area contributed by atoms with Crippen LogP contribution in [0.3, 0.4) is 0 Å². The third-order valence-electron chi connectivity index (χ3n) is 4.34. The van der Waals surface area contributed by atoms with Crippen LogP contribution in [0.1, 0.15) is 52.3 Å². The van der Waals surface area contributed by atoms with Crippen LogP contribution in [0.2, 0.25) is 0 Å². The molecule has 1 amide bonds. The summed E-state index contributed by atoms with van der Waals surface area (Å²) in [6.07, 6.45) is 4.24. The molecule has 1 fully saturated rings. The predicted molar refractivity (Wildman–Crippen MR) is 88.8 cm³/mol. The lowest BCUT2D eigenvalue weighted by atomic mass is 9.87. The zero-order chi connectivity index (χ0) is 15.6. The molecule has 1 aromatic carbocycles. The molecule has 0 radical (unpaired) electrons. The summed E-state index contributed by atoms with van der Waals surface area (Å²) in [4.78, 5) is 16.9. The minimum absolute atomic E-state index is 0.0978. The van der Waals surface area contributed by atoms with E-state index in [0.29, 0.717) is 12.2 Å². The van der Waals surface area contributed by atoms with Gasteiger partial charge in [0.05, 0.1) is 5.54 Å². The van der Waals surface area contributed by atoms with Crippen molar-refractivity contribution in [3.8, 4) is 0 Å². The molecule has 0 spiro atoms. The van der Waals surface area contributed by atoms with Crippen LogP contribution in [0.15, 0.2) is 29.6 Å². The van der Waals surface area contributed by atoms with E-state index < -0.39 is 0 Å². The molecule has 0 bridgehead atoms. The number of nitrogens with two attached hydrogens (primary N) is 1. The molecule has 0 atom stereocenters. The third kappa shape index (κ3) is 2.91. The van der Waals surface area contributed by atoms with Crippen molar-refractivity contribution in [2.45, 2.75) is 44.7 Å². The van der Waals surface area contributed by atoms with E-state index in [2.05, 4.69) is 41.5 Å². The summed E-state index contributed by atoms with van der Waals surface area (Å²) >= 11 is 1.44. The van der Waals surface area contributed by atoms with Crippen molar-refractivity contribution in [3.63, 3.8) is 0 Å². The quantitative estimate of drug-likeness (QED) is 0.911. The van der Waals surface area contributed by atoms with Crippen LogP contribution >= 0.6 is 11.3 Å². The van der Waals surface area contributed by atoms with Crippen molar-refractivity contribution in [2.24, 2.45) is 5.73 Å². The molecule has 1 aliphatic carbocycles. The van der Waals surface area contributed by atoms with Crippen LogP contribution in [0.25, 0.3) is 0 Å². The number of nitrogens with zero attached hydrogens (tertiary/aromatic N) is 1. The molecule has 1 heterocycles. The van der Waals surface area contributed by atoms with Gasteiger partial charge in [-0.25, -0.2) is 4.98 Å². The van der Waals surface area contributed by atoms with E-state index in [1.807, 2.05) is 0 Å². The number of benzene rings is 1. The van der Waals surface area contributed by atoms with Gasteiger partial charge in [-0.3, -0.25) is 4.79 Å². The second kappa shape index (κ2) is 6.18. The predicted octanol–water partition coefficient (Wildman–Crippen LogP) is 3.11. The highest BCUT2D eigenvalue weighted by molar-refractivity contribution is 7.09. The number of carbonyl (C=O) groups is 1. The first-order chi connectivity index (χ1) is 10.6. The highest BCUT2D eigenvalue weighted by Gasteiger charge is 2.37. The smallest absolute Gasteiger partial charge is 0.271 e. The molecule has 5 heteroatoms. The van der Waals surface area contributed by atoms with E-state index in [1.54, 1.807) is 5.38 Å². The van der Waals surface area contributed by atoms with Gasteiger partial charge >= 0.3 is 0 Å². The highest BCUT2D eigenvalue weighted by Crippen LogP contribution is 2.39. The van der Waals surface area contributed by atoms with Crippen LogP contribution in [0.4, 0.5) is 0 Å². The molecule has 1 saturated carbocycles. The Labute approximate surface area is 134 Å². The van der Waals surface area contributed by atoms with Gasteiger partial charge in [0.2, 0.25) is 0 Å². The Hall–Kier alpha value is -1.72. The first-order valence-electron chi connectivity index (χ1n) is 7.67. The summed E-state index contributed by atoms with van der Waals surface area (Å²) in [6, 6.07) is 8.44. The van der Waals surface area contributed by atoms with Crippen molar-refractivity contribution in [2.75, 3.05) is 0 Å². The Kier molecular flexibility index (Phi) is 4.27. The average molecular weight is 315 g/mol. The monoisotopic (exact) mass is 315 g/mol. The van der Waals surface area contributed by atoms with Gasteiger partial charge in [0, 0.05) is 11.9 Å². The molecule has 22 heavy (non-hydrogen) atoms. The largest absolute Gasteiger partial charge is 0.341 e. The van der Waals surface area contributed by atoms with Crippen molar-refractivity contribution < 1.29 is 4.79 Å². The fourth-order valence-electron chi connectivity index (χ4n) is 3.20. The second-order valence-electron chi connectivity index (χ2n) is 5.94. The Morgan fingerprint density at radius 1 is 1.41 bits per heavy atom. The molecular weight excluding hydrogens is 294 g/mol. The zero-order valence-corrected chi connectivity index (χ0v) is 13.6. The maximum Gasteiger partial charge on any atom is 0.271 e. The molecule has 116 valence electrons. The first-order valence-corrected chi connectivity index (χ1v) is 8.55.